The number of nitrogens with one attached hydrogen (secondary N) is 1. The van der Waals surface area contributed by atoms with Crippen LogP contribution in [-0.2, 0) is 0 Å². The Hall–Kier alpha value is -3.21. The zero-order valence-corrected chi connectivity index (χ0v) is 18.8. The molecule has 0 saturated heterocycles. The van der Waals surface area contributed by atoms with Gasteiger partial charge in [-0.1, -0.05) is 82.4 Å². The molecule has 1 N–H and O–H groups in total. The van der Waals surface area contributed by atoms with E-state index in [0.717, 1.165) is 46.3 Å². The van der Waals surface area contributed by atoms with Crippen molar-refractivity contribution in [2.24, 2.45) is 10.9 Å². The largest absolute Gasteiger partial charge is 0.367 e. The summed E-state index contributed by atoms with van der Waals surface area (Å²) in [5.41, 5.74) is 4.52. The highest BCUT2D eigenvalue weighted by Crippen LogP contribution is 2.27. The van der Waals surface area contributed by atoms with Gasteiger partial charge in [0.15, 0.2) is 11.5 Å². The second-order valence-corrected chi connectivity index (χ2v) is 8.59. The van der Waals surface area contributed by atoms with Crippen molar-refractivity contribution in [3.8, 4) is 0 Å². The summed E-state index contributed by atoms with van der Waals surface area (Å²) >= 11 is 0. The van der Waals surface area contributed by atoms with E-state index in [1.807, 2.05) is 47.3 Å². The van der Waals surface area contributed by atoms with E-state index in [9.17, 15) is 0 Å². The van der Waals surface area contributed by atoms with Crippen molar-refractivity contribution in [3.63, 3.8) is 0 Å². The van der Waals surface area contributed by atoms with Crippen LogP contribution < -0.4 is 5.32 Å². The molecular weight excluding hydrogens is 394 g/mol. The summed E-state index contributed by atoms with van der Waals surface area (Å²) in [5, 5.41) is 3.58. The monoisotopic (exact) mass is 427 g/mol. The minimum absolute atomic E-state index is 0.813. The van der Waals surface area contributed by atoms with Crippen molar-refractivity contribution in [2.45, 2.75) is 51.4 Å². The van der Waals surface area contributed by atoms with Gasteiger partial charge in [0.25, 0.3) is 0 Å². The lowest BCUT2D eigenvalue weighted by Gasteiger charge is -2.20. The second kappa shape index (κ2) is 10.9. The third-order valence-electron chi connectivity index (χ3n) is 6.36. The molecule has 2 aromatic heterocycles. The number of hydrogen-bond donors (Lipinski definition) is 1. The third-order valence-corrected chi connectivity index (χ3v) is 6.36. The van der Waals surface area contributed by atoms with Crippen molar-refractivity contribution in [2.75, 3.05) is 11.9 Å². The Bertz CT molecular complexity index is 1090. The zero-order chi connectivity index (χ0) is 22.2. The number of aromatic nitrogens is 3. The van der Waals surface area contributed by atoms with Gasteiger partial charge in [-0.3, -0.25) is 4.99 Å². The molecule has 5 heteroatoms. The highest BCUT2D eigenvalue weighted by Gasteiger charge is 2.15. The lowest BCUT2D eigenvalue weighted by atomic mass is 9.89. The molecule has 0 spiro atoms. The van der Waals surface area contributed by atoms with E-state index in [1.54, 1.807) is 6.21 Å². The predicted octanol–water partition coefficient (Wildman–Crippen LogP) is 6.52. The van der Waals surface area contributed by atoms with Crippen LogP contribution in [0.25, 0.3) is 11.2 Å². The molecule has 0 aliphatic heterocycles. The predicted molar refractivity (Wildman–Crippen MR) is 134 cm³/mol. The van der Waals surface area contributed by atoms with E-state index in [0.29, 0.717) is 0 Å². The molecule has 0 atom stereocenters. The SMILES string of the molecule is C=CN=Cc1ccccc1C(=C)c1cn2ccnc2c(NCCC2CCCCCCC2)n1. The molecule has 166 valence electrons. The summed E-state index contributed by atoms with van der Waals surface area (Å²) in [6.45, 7) is 8.94. The van der Waals surface area contributed by atoms with Crippen LogP contribution in [0.4, 0.5) is 5.82 Å². The van der Waals surface area contributed by atoms with Gasteiger partial charge in [0.2, 0.25) is 0 Å². The highest BCUT2D eigenvalue weighted by atomic mass is 15.1. The Kier molecular flexibility index (Phi) is 7.49. The van der Waals surface area contributed by atoms with Gasteiger partial charge in [0.1, 0.15) is 0 Å². The van der Waals surface area contributed by atoms with Crippen molar-refractivity contribution < 1.29 is 0 Å². The zero-order valence-electron chi connectivity index (χ0n) is 18.8. The van der Waals surface area contributed by atoms with Gasteiger partial charge in [0.05, 0.1) is 5.69 Å². The average molecular weight is 428 g/mol. The molecule has 4 rings (SSSR count). The normalized spacial score (nSPS) is 15.5. The minimum Gasteiger partial charge on any atom is -0.367 e. The number of hydrogen-bond acceptors (Lipinski definition) is 4. The number of fused-ring (bicyclic) bond motifs is 1. The fourth-order valence-corrected chi connectivity index (χ4v) is 4.58. The van der Waals surface area contributed by atoms with Crippen LogP contribution in [0.1, 0.15) is 68.2 Å². The maximum atomic E-state index is 4.93. The topological polar surface area (TPSA) is 54.6 Å². The van der Waals surface area contributed by atoms with Gasteiger partial charge >= 0.3 is 0 Å². The van der Waals surface area contributed by atoms with E-state index in [-0.39, 0.29) is 0 Å². The van der Waals surface area contributed by atoms with Crippen molar-refractivity contribution in [1.82, 2.24) is 14.4 Å². The Morgan fingerprint density at radius 3 is 2.75 bits per heavy atom. The second-order valence-electron chi connectivity index (χ2n) is 8.59. The van der Waals surface area contributed by atoms with E-state index in [4.69, 9.17) is 4.98 Å². The van der Waals surface area contributed by atoms with E-state index in [1.165, 1.54) is 57.6 Å². The molecule has 5 nitrogen and oxygen atoms in total. The van der Waals surface area contributed by atoms with Crippen LogP contribution in [0.5, 0.6) is 0 Å². The molecular formula is C27H33N5. The van der Waals surface area contributed by atoms with Crippen LogP contribution in [0.15, 0.2) is 67.2 Å². The molecule has 1 aliphatic rings. The number of aliphatic imine (C=N–C) groups is 1. The third kappa shape index (κ3) is 5.34. The Morgan fingerprint density at radius 1 is 1.16 bits per heavy atom. The first-order valence-electron chi connectivity index (χ1n) is 11.8. The fraction of sp³-hybridized carbons (Fsp3) is 0.370. The summed E-state index contributed by atoms with van der Waals surface area (Å²) in [5.74, 6) is 1.63. The van der Waals surface area contributed by atoms with Crippen molar-refractivity contribution >= 4 is 23.3 Å². The molecule has 2 heterocycles. The average Bonchev–Trinajstić information content (AvgIpc) is 3.27. The van der Waals surface area contributed by atoms with Crippen LogP contribution in [0.2, 0.25) is 0 Å². The first kappa shape index (κ1) is 22.0. The summed E-state index contributed by atoms with van der Waals surface area (Å²) in [7, 11) is 0. The van der Waals surface area contributed by atoms with Gasteiger partial charge in [-0.05, 0) is 17.9 Å². The summed E-state index contributed by atoms with van der Waals surface area (Å²) in [4.78, 5) is 13.6. The Labute approximate surface area is 191 Å². The molecule has 0 bridgehead atoms. The summed E-state index contributed by atoms with van der Waals surface area (Å²) < 4.78 is 2.02. The fourth-order valence-electron chi connectivity index (χ4n) is 4.58. The van der Waals surface area contributed by atoms with Gasteiger partial charge in [-0.25, -0.2) is 9.97 Å². The van der Waals surface area contributed by atoms with Gasteiger partial charge in [-0.2, -0.15) is 0 Å². The van der Waals surface area contributed by atoms with Gasteiger partial charge in [0, 0.05) is 48.7 Å². The van der Waals surface area contributed by atoms with E-state index >= 15 is 0 Å². The Balaban J connectivity index is 1.54. The summed E-state index contributed by atoms with van der Waals surface area (Å²) in [6.07, 6.45) is 19.9. The van der Waals surface area contributed by atoms with E-state index in [2.05, 4.69) is 28.5 Å². The maximum Gasteiger partial charge on any atom is 0.180 e. The van der Waals surface area contributed by atoms with Crippen LogP contribution in [0.3, 0.4) is 0 Å². The summed E-state index contributed by atoms with van der Waals surface area (Å²) in [6, 6.07) is 8.08. The lowest BCUT2D eigenvalue weighted by molar-refractivity contribution is 0.365. The highest BCUT2D eigenvalue weighted by molar-refractivity contribution is 5.91. The maximum absolute atomic E-state index is 4.93. The number of imidazole rings is 1. The van der Waals surface area contributed by atoms with Crippen LogP contribution >= 0.6 is 0 Å². The molecule has 0 radical (unpaired) electrons. The molecule has 1 aromatic carbocycles. The molecule has 32 heavy (non-hydrogen) atoms. The first-order valence-corrected chi connectivity index (χ1v) is 11.8. The smallest absolute Gasteiger partial charge is 0.180 e. The van der Waals surface area contributed by atoms with Gasteiger partial charge < -0.3 is 9.72 Å². The number of nitrogens with zero attached hydrogens (tertiary/aromatic N) is 4. The van der Waals surface area contributed by atoms with Crippen molar-refractivity contribution in [3.05, 3.63) is 79.0 Å². The molecule has 3 aromatic rings. The van der Waals surface area contributed by atoms with Crippen LogP contribution in [-0.4, -0.2) is 27.1 Å². The van der Waals surface area contributed by atoms with Crippen molar-refractivity contribution in [1.29, 1.82) is 0 Å². The molecule has 0 amide bonds. The lowest BCUT2D eigenvalue weighted by Crippen LogP contribution is -2.13. The molecule has 1 saturated carbocycles. The number of rotatable bonds is 8. The van der Waals surface area contributed by atoms with E-state index < -0.39 is 0 Å². The molecule has 0 unspecified atom stereocenters. The number of benzene rings is 1. The minimum atomic E-state index is 0.813. The molecule has 1 fully saturated rings. The van der Waals surface area contributed by atoms with Crippen LogP contribution in [0, 0.1) is 5.92 Å². The quantitative estimate of drug-likeness (QED) is 0.417. The van der Waals surface area contributed by atoms with Gasteiger partial charge in [-0.15, -0.1) is 0 Å². The number of anilines is 1. The Morgan fingerprint density at radius 2 is 1.94 bits per heavy atom. The molecule has 1 aliphatic carbocycles. The first-order chi connectivity index (χ1) is 15.8. The standard InChI is InChI=1S/C27H33N5/c1-3-28-19-23-13-9-10-14-24(23)21(2)25-20-32-18-17-30-27(32)26(31-25)29-16-15-22-11-7-5-4-6-8-12-22/h3,9-10,13-14,17-20,22H,1-2,4-8,11-12,15-16H2,(H,29,31).